The molecule has 1 spiro atoms. The Balaban J connectivity index is 1.66. The SMILES string of the molecule is CC(C)CNC(=O)C(C)NCC1CCC2(CCCC2)O1. The van der Waals surface area contributed by atoms with Gasteiger partial charge in [0.2, 0.25) is 5.91 Å². The summed E-state index contributed by atoms with van der Waals surface area (Å²) in [6.07, 6.45) is 7.71. The van der Waals surface area contributed by atoms with E-state index in [0.717, 1.165) is 19.5 Å². The number of amides is 1. The van der Waals surface area contributed by atoms with Crippen molar-refractivity contribution in [2.45, 2.75) is 77.0 Å². The van der Waals surface area contributed by atoms with Gasteiger partial charge in [0.25, 0.3) is 0 Å². The van der Waals surface area contributed by atoms with E-state index in [1.54, 1.807) is 0 Å². The molecular weight excluding hydrogens is 252 g/mol. The van der Waals surface area contributed by atoms with Gasteiger partial charge >= 0.3 is 0 Å². The second-order valence-electron chi connectivity index (χ2n) is 6.94. The lowest BCUT2D eigenvalue weighted by atomic mass is 9.98. The molecule has 2 aliphatic rings. The van der Waals surface area contributed by atoms with Crippen molar-refractivity contribution in [3.8, 4) is 0 Å². The Morgan fingerprint density at radius 2 is 1.95 bits per heavy atom. The minimum Gasteiger partial charge on any atom is -0.370 e. The van der Waals surface area contributed by atoms with E-state index in [2.05, 4.69) is 24.5 Å². The maximum absolute atomic E-state index is 11.9. The van der Waals surface area contributed by atoms with Gasteiger partial charge in [-0.05, 0) is 38.5 Å². The molecule has 2 atom stereocenters. The van der Waals surface area contributed by atoms with Crippen molar-refractivity contribution in [3.63, 3.8) is 0 Å². The highest BCUT2D eigenvalue weighted by atomic mass is 16.5. The van der Waals surface area contributed by atoms with Crippen LogP contribution in [0.4, 0.5) is 0 Å². The van der Waals surface area contributed by atoms with Crippen LogP contribution in [-0.4, -0.2) is 36.7 Å². The van der Waals surface area contributed by atoms with E-state index in [0.29, 0.717) is 5.92 Å². The van der Waals surface area contributed by atoms with Crippen molar-refractivity contribution in [2.24, 2.45) is 5.92 Å². The van der Waals surface area contributed by atoms with Crippen molar-refractivity contribution >= 4 is 5.91 Å². The van der Waals surface area contributed by atoms with Crippen LogP contribution >= 0.6 is 0 Å². The Hall–Kier alpha value is -0.610. The Morgan fingerprint density at radius 1 is 1.25 bits per heavy atom. The number of hydrogen-bond acceptors (Lipinski definition) is 3. The van der Waals surface area contributed by atoms with Crippen LogP contribution in [0.1, 0.15) is 59.3 Å². The van der Waals surface area contributed by atoms with Gasteiger partial charge in [0.15, 0.2) is 0 Å². The molecule has 1 saturated carbocycles. The standard InChI is InChI=1S/C16H30N2O2/c1-12(2)10-18-15(19)13(3)17-11-14-6-9-16(20-14)7-4-5-8-16/h12-14,17H,4-11H2,1-3H3,(H,18,19). The molecule has 1 aliphatic heterocycles. The summed E-state index contributed by atoms with van der Waals surface area (Å²) < 4.78 is 6.24. The van der Waals surface area contributed by atoms with Crippen molar-refractivity contribution in [2.75, 3.05) is 13.1 Å². The average molecular weight is 282 g/mol. The number of hydrogen-bond donors (Lipinski definition) is 2. The monoisotopic (exact) mass is 282 g/mol. The summed E-state index contributed by atoms with van der Waals surface area (Å²) in [5.41, 5.74) is 0.190. The molecule has 0 bridgehead atoms. The smallest absolute Gasteiger partial charge is 0.236 e. The highest BCUT2D eigenvalue weighted by Gasteiger charge is 2.41. The van der Waals surface area contributed by atoms with E-state index in [9.17, 15) is 4.79 Å². The summed E-state index contributed by atoms with van der Waals surface area (Å²) in [6, 6.07) is -0.141. The van der Waals surface area contributed by atoms with E-state index in [1.807, 2.05) is 6.92 Å². The van der Waals surface area contributed by atoms with Crippen LogP contribution in [0.3, 0.4) is 0 Å². The summed E-state index contributed by atoms with van der Waals surface area (Å²) in [4.78, 5) is 11.9. The highest BCUT2D eigenvalue weighted by Crippen LogP contribution is 2.43. The molecule has 0 aromatic heterocycles. The number of carbonyl (C=O) groups excluding carboxylic acids is 1. The molecule has 4 heteroatoms. The molecule has 20 heavy (non-hydrogen) atoms. The number of ether oxygens (including phenoxy) is 1. The average Bonchev–Trinajstić information content (AvgIpc) is 3.04. The lowest BCUT2D eigenvalue weighted by Crippen LogP contribution is -2.45. The van der Waals surface area contributed by atoms with Gasteiger partial charge in [-0.1, -0.05) is 26.7 Å². The van der Waals surface area contributed by atoms with Crippen LogP contribution in [0.2, 0.25) is 0 Å². The Morgan fingerprint density at radius 3 is 2.60 bits per heavy atom. The van der Waals surface area contributed by atoms with Crippen LogP contribution in [0.15, 0.2) is 0 Å². The second kappa shape index (κ2) is 6.90. The third kappa shape index (κ3) is 4.19. The fraction of sp³-hybridized carbons (Fsp3) is 0.938. The van der Waals surface area contributed by atoms with Gasteiger partial charge in [0.05, 0.1) is 17.7 Å². The van der Waals surface area contributed by atoms with Gasteiger partial charge in [-0.2, -0.15) is 0 Å². The molecule has 1 aliphatic carbocycles. The predicted octanol–water partition coefficient (Wildman–Crippen LogP) is 2.23. The normalized spacial score (nSPS) is 26.3. The number of carbonyl (C=O) groups is 1. The summed E-state index contributed by atoms with van der Waals surface area (Å²) in [5, 5.41) is 6.28. The number of nitrogens with one attached hydrogen (secondary N) is 2. The minimum atomic E-state index is -0.141. The van der Waals surface area contributed by atoms with Crippen molar-refractivity contribution in [1.82, 2.24) is 10.6 Å². The zero-order valence-electron chi connectivity index (χ0n) is 13.2. The van der Waals surface area contributed by atoms with Crippen LogP contribution in [0.25, 0.3) is 0 Å². The fourth-order valence-corrected chi connectivity index (χ4v) is 3.29. The number of rotatable bonds is 6. The first kappa shape index (κ1) is 15.8. The lowest BCUT2D eigenvalue weighted by Gasteiger charge is -2.24. The molecule has 1 amide bonds. The molecule has 4 nitrogen and oxygen atoms in total. The highest BCUT2D eigenvalue weighted by molar-refractivity contribution is 5.81. The van der Waals surface area contributed by atoms with Crippen molar-refractivity contribution in [1.29, 1.82) is 0 Å². The maximum atomic E-state index is 11.9. The van der Waals surface area contributed by atoms with Gasteiger partial charge in [-0.25, -0.2) is 0 Å². The molecule has 1 heterocycles. The van der Waals surface area contributed by atoms with Crippen LogP contribution < -0.4 is 10.6 Å². The van der Waals surface area contributed by atoms with E-state index in [1.165, 1.54) is 32.1 Å². The van der Waals surface area contributed by atoms with Crippen LogP contribution in [-0.2, 0) is 9.53 Å². The molecule has 2 rings (SSSR count). The zero-order chi connectivity index (χ0) is 14.6. The topological polar surface area (TPSA) is 50.4 Å². The van der Waals surface area contributed by atoms with E-state index in [4.69, 9.17) is 4.74 Å². The van der Waals surface area contributed by atoms with E-state index >= 15 is 0 Å². The van der Waals surface area contributed by atoms with E-state index < -0.39 is 0 Å². The summed E-state index contributed by atoms with van der Waals surface area (Å²) in [6.45, 7) is 7.67. The summed E-state index contributed by atoms with van der Waals surface area (Å²) in [5.74, 6) is 0.582. The molecule has 2 fully saturated rings. The summed E-state index contributed by atoms with van der Waals surface area (Å²) >= 11 is 0. The van der Waals surface area contributed by atoms with Gasteiger partial charge in [0.1, 0.15) is 0 Å². The first-order valence-corrected chi connectivity index (χ1v) is 8.20. The maximum Gasteiger partial charge on any atom is 0.236 e. The zero-order valence-corrected chi connectivity index (χ0v) is 13.2. The summed E-state index contributed by atoms with van der Waals surface area (Å²) in [7, 11) is 0. The molecule has 2 N–H and O–H groups in total. The quantitative estimate of drug-likeness (QED) is 0.785. The molecule has 1 saturated heterocycles. The van der Waals surface area contributed by atoms with Gasteiger partial charge in [-0.15, -0.1) is 0 Å². The molecule has 0 aromatic rings. The van der Waals surface area contributed by atoms with Gasteiger partial charge < -0.3 is 15.4 Å². The molecular formula is C16H30N2O2. The fourth-order valence-electron chi connectivity index (χ4n) is 3.29. The molecule has 0 aromatic carbocycles. The lowest BCUT2D eigenvalue weighted by molar-refractivity contribution is -0.123. The molecule has 2 unspecified atom stereocenters. The van der Waals surface area contributed by atoms with Crippen molar-refractivity contribution in [3.05, 3.63) is 0 Å². The largest absolute Gasteiger partial charge is 0.370 e. The second-order valence-corrected chi connectivity index (χ2v) is 6.94. The van der Waals surface area contributed by atoms with E-state index in [-0.39, 0.29) is 23.7 Å². The minimum absolute atomic E-state index is 0.0901. The molecule has 0 radical (unpaired) electrons. The Labute approximate surface area is 123 Å². The first-order chi connectivity index (χ1) is 9.51. The predicted molar refractivity (Wildman–Crippen MR) is 80.6 cm³/mol. The van der Waals surface area contributed by atoms with Gasteiger partial charge in [0, 0.05) is 13.1 Å². The Kier molecular flexibility index (Phi) is 5.44. The third-order valence-electron chi connectivity index (χ3n) is 4.58. The van der Waals surface area contributed by atoms with Gasteiger partial charge in [-0.3, -0.25) is 4.79 Å². The Bertz CT molecular complexity index is 324. The van der Waals surface area contributed by atoms with Crippen molar-refractivity contribution < 1.29 is 9.53 Å². The molecule has 116 valence electrons. The van der Waals surface area contributed by atoms with Crippen LogP contribution in [0.5, 0.6) is 0 Å². The van der Waals surface area contributed by atoms with Crippen LogP contribution in [0, 0.1) is 5.92 Å². The third-order valence-corrected chi connectivity index (χ3v) is 4.58. The first-order valence-electron chi connectivity index (χ1n) is 8.20.